The molecule has 3 aromatic heterocycles. The molecular formula is C18H17ClN4O3. The van der Waals surface area contributed by atoms with E-state index in [9.17, 15) is 4.79 Å². The van der Waals surface area contributed by atoms with Crippen molar-refractivity contribution in [2.24, 2.45) is 0 Å². The number of aromatic nitrogens is 3. The Morgan fingerprint density at radius 1 is 1.27 bits per heavy atom. The maximum atomic E-state index is 12.2. The molecular weight excluding hydrogens is 356 g/mol. The van der Waals surface area contributed by atoms with Gasteiger partial charge in [0, 0.05) is 23.5 Å². The van der Waals surface area contributed by atoms with Gasteiger partial charge in [0.1, 0.15) is 17.6 Å². The van der Waals surface area contributed by atoms with Gasteiger partial charge in [0.25, 0.3) is 0 Å². The van der Waals surface area contributed by atoms with Crippen LogP contribution in [0.25, 0.3) is 22.7 Å². The van der Waals surface area contributed by atoms with E-state index < -0.39 is 11.7 Å². The number of anilines is 1. The Morgan fingerprint density at radius 3 is 2.69 bits per heavy atom. The fraction of sp³-hybridized carbons (Fsp3) is 0.222. The molecule has 0 spiro atoms. The van der Waals surface area contributed by atoms with Crippen LogP contribution in [0.15, 0.2) is 53.7 Å². The van der Waals surface area contributed by atoms with Gasteiger partial charge in [0.15, 0.2) is 5.76 Å². The first-order valence-corrected chi connectivity index (χ1v) is 8.18. The van der Waals surface area contributed by atoms with Crippen molar-refractivity contribution >= 4 is 23.6 Å². The Balaban J connectivity index is 2.03. The predicted octanol–water partition coefficient (Wildman–Crippen LogP) is 4.69. The molecule has 26 heavy (non-hydrogen) atoms. The van der Waals surface area contributed by atoms with Gasteiger partial charge in [-0.2, -0.15) is 4.42 Å². The van der Waals surface area contributed by atoms with Crippen LogP contribution in [-0.4, -0.2) is 26.6 Å². The SMILES string of the molecule is CC(C)(C)OC(=O)N(Cl)c1cnc(-c2ccco2)c(-c2ccncn2)c1. The Morgan fingerprint density at radius 2 is 2.08 bits per heavy atom. The van der Waals surface area contributed by atoms with Gasteiger partial charge >= 0.3 is 6.09 Å². The van der Waals surface area contributed by atoms with Crippen LogP contribution >= 0.6 is 11.8 Å². The number of carbonyl (C=O) groups is 1. The van der Waals surface area contributed by atoms with E-state index in [0.29, 0.717) is 28.4 Å². The highest BCUT2D eigenvalue weighted by molar-refractivity contribution is 6.35. The van der Waals surface area contributed by atoms with E-state index in [0.717, 1.165) is 4.42 Å². The second kappa shape index (κ2) is 7.13. The predicted molar refractivity (Wildman–Crippen MR) is 97.5 cm³/mol. The van der Waals surface area contributed by atoms with Gasteiger partial charge < -0.3 is 9.15 Å². The van der Waals surface area contributed by atoms with E-state index in [4.69, 9.17) is 20.9 Å². The lowest BCUT2D eigenvalue weighted by molar-refractivity contribution is 0.0609. The lowest BCUT2D eigenvalue weighted by atomic mass is 10.1. The quantitative estimate of drug-likeness (QED) is 0.620. The lowest BCUT2D eigenvalue weighted by Gasteiger charge is -2.23. The summed E-state index contributed by atoms with van der Waals surface area (Å²) in [7, 11) is 0. The number of rotatable bonds is 3. The van der Waals surface area contributed by atoms with Crippen LogP contribution in [0, 0.1) is 0 Å². The van der Waals surface area contributed by atoms with Gasteiger partial charge in [-0.25, -0.2) is 14.8 Å². The summed E-state index contributed by atoms with van der Waals surface area (Å²) in [6.07, 6.45) is 5.39. The van der Waals surface area contributed by atoms with Crippen molar-refractivity contribution in [3.8, 4) is 22.7 Å². The number of halogens is 1. The number of ether oxygens (including phenoxy) is 1. The van der Waals surface area contributed by atoms with Crippen molar-refractivity contribution in [2.45, 2.75) is 26.4 Å². The molecule has 134 valence electrons. The number of carbonyl (C=O) groups excluding carboxylic acids is 1. The first kappa shape index (κ1) is 17.9. The molecule has 0 unspecified atom stereocenters. The smallest absolute Gasteiger partial charge is 0.429 e. The highest BCUT2D eigenvalue weighted by atomic mass is 35.5. The van der Waals surface area contributed by atoms with Crippen LogP contribution in [0.5, 0.6) is 0 Å². The van der Waals surface area contributed by atoms with E-state index >= 15 is 0 Å². The van der Waals surface area contributed by atoms with Gasteiger partial charge in [-0.15, -0.1) is 0 Å². The zero-order valence-electron chi connectivity index (χ0n) is 14.5. The first-order valence-electron chi connectivity index (χ1n) is 7.84. The van der Waals surface area contributed by atoms with Crippen molar-refractivity contribution in [3.63, 3.8) is 0 Å². The third kappa shape index (κ3) is 4.00. The summed E-state index contributed by atoms with van der Waals surface area (Å²) < 4.78 is 11.6. The summed E-state index contributed by atoms with van der Waals surface area (Å²) in [6.45, 7) is 5.29. The molecule has 0 saturated carbocycles. The Bertz CT molecular complexity index is 893. The fourth-order valence-corrected chi connectivity index (χ4v) is 2.35. The molecule has 0 bridgehead atoms. The van der Waals surface area contributed by atoms with Gasteiger partial charge in [0.2, 0.25) is 0 Å². The number of nitrogens with zero attached hydrogens (tertiary/aromatic N) is 4. The third-order valence-electron chi connectivity index (χ3n) is 3.27. The minimum Gasteiger partial charge on any atom is -0.463 e. The molecule has 0 fully saturated rings. The van der Waals surface area contributed by atoms with Crippen molar-refractivity contribution < 1.29 is 13.9 Å². The average molecular weight is 373 g/mol. The van der Waals surface area contributed by atoms with Crippen molar-refractivity contribution in [1.82, 2.24) is 15.0 Å². The highest BCUT2D eigenvalue weighted by Crippen LogP contribution is 2.33. The van der Waals surface area contributed by atoms with E-state index in [1.807, 2.05) is 0 Å². The van der Waals surface area contributed by atoms with Gasteiger partial charge in [0.05, 0.1) is 23.8 Å². The van der Waals surface area contributed by atoms with Crippen LogP contribution in [0.3, 0.4) is 0 Å². The second-order valence-corrected chi connectivity index (χ2v) is 6.76. The summed E-state index contributed by atoms with van der Waals surface area (Å²) in [5, 5.41) is 0. The zero-order chi connectivity index (χ0) is 18.7. The Labute approximate surface area is 155 Å². The summed E-state index contributed by atoms with van der Waals surface area (Å²) in [5.41, 5.74) is 1.53. The van der Waals surface area contributed by atoms with Crippen molar-refractivity contribution in [1.29, 1.82) is 0 Å². The molecule has 0 aromatic carbocycles. The van der Waals surface area contributed by atoms with E-state index in [2.05, 4.69) is 15.0 Å². The minimum atomic E-state index is -0.694. The molecule has 7 nitrogen and oxygen atoms in total. The largest absolute Gasteiger partial charge is 0.463 e. The summed E-state index contributed by atoms with van der Waals surface area (Å²) in [4.78, 5) is 24.8. The lowest BCUT2D eigenvalue weighted by Crippen LogP contribution is -2.31. The summed E-state index contributed by atoms with van der Waals surface area (Å²) >= 11 is 6.16. The van der Waals surface area contributed by atoms with Crippen LogP contribution in [0.1, 0.15) is 20.8 Å². The zero-order valence-corrected chi connectivity index (χ0v) is 15.3. The summed E-state index contributed by atoms with van der Waals surface area (Å²) in [6, 6.07) is 6.99. The molecule has 8 heteroatoms. The monoisotopic (exact) mass is 372 g/mol. The van der Waals surface area contributed by atoms with Crippen molar-refractivity contribution in [3.05, 3.63) is 49.2 Å². The Hall–Kier alpha value is -2.93. The number of amides is 1. The second-order valence-electron chi connectivity index (χ2n) is 6.42. The van der Waals surface area contributed by atoms with Crippen LogP contribution < -0.4 is 4.42 Å². The molecule has 0 N–H and O–H groups in total. The molecule has 0 aliphatic carbocycles. The van der Waals surface area contributed by atoms with Crippen LogP contribution in [-0.2, 0) is 4.74 Å². The molecule has 0 aliphatic rings. The first-order chi connectivity index (χ1) is 12.3. The van der Waals surface area contributed by atoms with Gasteiger partial charge in [-0.3, -0.25) is 4.98 Å². The third-order valence-corrected chi connectivity index (χ3v) is 3.60. The fourth-order valence-electron chi connectivity index (χ4n) is 2.22. The molecule has 0 atom stereocenters. The Kier molecular flexibility index (Phi) is 4.90. The number of pyridine rings is 1. The number of furan rings is 1. The highest BCUT2D eigenvalue weighted by Gasteiger charge is 2.24. The number of hydrogen-bond donors (Lipinski definition) is 0. The molecule has 3 rings (SSSR count). The van der Waals surface area contributed by atoms with Gasteiger partial charge in [-0.1, -0.05) is 0 Å². The van der Waals surface area contributed by atoms with Crippen molar-refractivity contribution in [2.75, 3.05) is 4.42 Å². The molecule has 0 aliphatic heterocycles. The van der Waals surface area contributed by atoms with E-state index in [1.165, 1.54) is 12.5 Å². The molecule has 3 aromatic rings. The van der Waals surface area contributed by atoms with E-state index in [1.54, 1.807) is 57.5 Å². The molecule has 0 radical (unpaired) electrons. The standard InChI is InChI=1S/C18H17ClN4O3/c1-18(2,3)26-17(24)23(19)12-9-13(14-6-7-20-11-22-14)16(21-10-12)15-5-4-8-25-15/h4-11H,1-3H3. The molecule has 3 heterocycles. The van der Waals surface area contributed by atoms with Crippen LogP contribution in [0.2, 0.25) is 0 Å². The molecule has 1 amide bonds. The summed E-state index contributed by atoms with van der Waals surface area (Å²) in [5.74, 6) is 0.573. The normalized spacial score (nSPS) is 11.2. The van der Waals surface area contributed by atoms with Crippen LogP contribution in [0.4, 0.5) is 10.5 Å². The molecule has 0 saturated heterocycles. The maximum absolute atomic E-state index is 12.2. The average Bonchev–Trinajstić information content (AvgIpc) is 3.14. The number of hydrogen-bond acceptors (Lipinski definition) is 6. The maximum Gasteiger partial charge on any atom is 0.429 e. The minimum absolute atomic E-state index is 0.352. The van der Waals surface area contributed by atoms with E-state index in [-0.39, 0.29) is 0 Å². The van der Waals surface area contributed by atoms with Gasteiger partial charge in [-0.05, 0) is 45.0 Å². The topological polar surface area (TPSA) is 81.4 Å².